The number of fused-ring (bicyclic) bond motifs is 4. The number of rotatable bonds is 4. The summed E-state index contributed by atoms with van der Waals surface area (Å²) in [5, 5.41) is 9.25. The lowest BCUT2D eigenvalue weighted by molar-refractivity contribution is 0.622. The lowest BCUT2D eigenvalue weighted by Gasteiger charge is -2.28. The Kier molecular flexibility index (Phi) is 5.36. The summed E-state index contributed by atoms with van der Waals surface area (Å²) in [6.45, 7) is 5.08. The molecule has 1 aliphatic rings. The van der Waals surface area contributed by atoms with Crippen LogP contribution in [-0.4, -0.2) is 20.2 Å². The average Bonchev–Trinajstić information content (AvgIpc) is 3.48. The summed E-state index contributed by atoms with van der Waals surface area (Å²) < 4.78 is 11.1. The Morgan fingerprint density at radius 1 is 0.816 bits per heavy atom. The number of hydrogen-bond donors (Lipinski definition) is 0. The fourth-order valence-electron chi connectivity index (χ4n) is 5.43. The van der Waals surface area contributed by atoms with E-state index in [-0.39, 0.29) is 0 Å². The summed E-state index contributed by atoms with van der Waals surface area (Å²) in [5.74, 6) is 1.29. The standard InChI is InChI=1S/C31H25N4OPS/c1-3-34-27-17-11-10-16-25(27)26-20-24(18-19-28(26)34)37(38)29-21(2)33-35(23-14-8-5-9-15-23)30(29)32-31(36-37)22-12-6-4-7-13-22/h4-20H,3H2,1-2H3. The van der Waals surface area contributed by atoms with Gasteiger partial charge in [0.2, 0.25) is 5.90 Å². The summed E-state index contributed by atoms with van der Waals surface area (Å²) in [6, 6.07) is 35.2. The summed E-state index contributed by atoms with van der Waals surface area (Å²) in [6.07, 6.45) is -2.79. The first-order valence-corrected chi connectivity index (χ1v) is 15.4. The Hall–Kier alpha value is -3.99. The van der Waals surface area contributed by atoms with Crippen LogP contribution in [0, 0.1) is 6.92 Å². The van der Waals surface area contributed by atoms with Gasteiger partial charge in [0.25, 0.3) is 0 Å². The smallest absolute Gasteiger partial charge is 0.226 e. The fourth-order valence-corrected chi connectivity index (χ4v) is 8.92. The molecule has 3 heterocycles. The van der Waals surface area contributed by atoms with Crippen LogP contribution in [0.15, 0.2) is 108 Å². The highest BCUT2D eigenvalue weighted by molar-refractivity contribution is 8.19. The molecule has 6 aromatic rings. The Labute approximate surface area is 226 Å². The number of nitrogens with zero attached hydrogens (tertiary/aromatic N) is 4. The Morgan fingerprint density at radius 2 is 1.50 bits per heavy atom. The molecular weight excluding hydrogens is 507 g/mol. The lowest BCUT2D eigenvalue weighted by atomic mass is 10.1. The summed E-state index contributed by atoms with van der Waals surface area (Å²) in [4.78, 5) is 5.02. The zero-order chi connectivity index (χ0) is 25.9. The quantitative estimate of drug-likeness (QED) is 0.236. The summed E-state index contributed by atoms with van der Waals surface area (Å²) in [5.41, 5.74) is 5.11. The third kappa shape index (κ3) is 3.41. The zero-order valence-electron chi connectivity index (χ0n) is 21.1. The number of aromatic nitrogens is 3. The van der Waals surface area contributed by atoms with Gasteiger partial charge in [-0.15, -0.1) is 0 Å². The molecule has 2 aromatic heterocycles. The minimum atomic E-state index is -2.79. The third-order valence-electron chi connectivity index (χ3n) is 7.16. The molecule has 0 N–H and O–H groups in total. The van der Waals surface area contributed by atoms with Crippen LogP contribution in [0.4, 0.5) is 5.82 Å². The lowest BCUT2D eigenvalue weighted by Crippen LogP contribution is -2.26. The predicted molar refractivity (Wildman–Crippen MR) is 161 cm³/mol. The molecule has 1 unspecified atom stereocenters. The molecule has 186 valence electrons. The Bertz CT molecular complexity index is 1920. The number of hydrogen-bond acceptors (Lipinski definition) is 4. The van der Waals surface area contributed by atoms with E-state index in [1.807, 2.05) is 72.3 Å². The Balaban J connectivity index is 1.51. The van der Waals surface area contributed by atoms with Crippen molar-refractivity contribution in [3.8, 4) is 5.69 Å². The largest absolute Gasteiger partial charge is 0.439 e. The second kappa shape index (κ2) is 8.80. The maximum atomic E-state index is 6.81. The van der Waals surface area contributed by atoms with E-state index < -0.39 is 6.26 Å². The zero-order valence-corrected chi connectivity index (χ0v) is 22.8. The number of aryl methyl sites for hydroxylation is 2. The molecule has 38 heavy (non-hydrogen) atoms. The summed E-state index contributed by atoms with van der Waals surface area (Å²) in [7, 11) is 0. The van der Waals surface area contributed by atoms with Crippen LogP contribution >= 0.6 is 6.26 Å². The van der Waals surface area contributed by atoms with Crippen LogP contribution < -0.4 is 10.6 Å². The monoisotopic (exact) mass is 532 g/mol. The minimum Gasteiger partial charge on any atom is -0.439 e. The van der Waals surface area contributed by atoms with E-state index in [1.54, 1.807) is 0 Å². The van der Waals surface area contributed by atoms with E-state index in [1.165, 1.54) is 21.8 Å². The molecule has 0 bridgehead atoms. The van der Waals surface area contributed by atoms with Gasteiger partial charge in [-0.25, -0.2) is 4.68 Å². The van der Waals surface area contributed by atoms with Crippen LogP contribution in [0.25, 0.3) is 27.5 Å². The number of aliphatic imine (C=N–C) groups is 1. The molecule has 0 aliphatic carbocycles. The van der Waals surface area contributed by atoms with Gasteiger partial charge in [-0.05, 0) is 74.2 Å². The van der Waals surface area contributed by atoms with Gasteiger partial charge in [0, 0.05) is 39.2 Å². The van der Waals surface area contributed by atoms with Crippen molar-refractivity contribution in [2.75, 3.05) is 0 Å². The maximum absolute atomic E-state index is 6.81. The van der Waals surface area contributed by atoms with E-state index in [2.05, 4.69) is 54.0 Å². The van der Waals surface area contributed by atoms with Crippen molar-refractivity contribution in [1.82, 2.24) is 14.3 Å². The molecule has 0 saturated carbocycles. The van der Waals surface area contributed by atoms with Crippen molar-refractivity contribution in [1.29, 1.82) is 0 Å². The number of para-hydroxylation sites is 2. The highest BCUT2D eigenvalue weighted by Gasteiger charge is 2.39. The van der Waals surface area contributed by atoms with E-state index in [0.717, 1.165) is 39.9 Å². The molecule has 0 radical (unpaired) electrons. The molecule has 4 aromatic carbocycles. The highest BCUT2D eigenvalue weighted by Crippen LogP contribution is 2.53. The molecule has 7 heteroatoms. The molecule has 5 nitrogen and oxygen atoms in total. The van der Waals surface area contributed by atoms with E-state index in [0.29, 0.717) is 5.90 Å². The van der Waals surface area contributed by atoms with Crippen molar-refractivity contribution in [3.63, 3.8) is 0 Å². The SMILES string of the molecule is CCn1c2ccccc2c2cc(P3(=S)OC(c4ccccc4)=Nc4c3c(C)nn4-c3ccccc3)ccc21. The van der Waals surface area contributed by atoms with Crippen molar-refractivity contribution in [2.24, 2.45) is 4.99 Å². The van der Waals surface area contributed by atoms with Gasteiger partial charge in [0.1, 0.15) is 0 Å². The molecular formula is C31H25N4OPS. The van der Waals surface area contributed by atoms with E-state index >= 15 is 0 Å². The van der Waals surface area contributed by atoms with E-state index in [4.69, 9.17) is 26.4 Å². The minimum absolute atomic E-state index is 0.537. The third-order valence-corrected chi connectivity index (χ3v) is 11.1. The van der Waals surface area contributed by atoms with Gasteiger partial charge in [0.05, 0.1) is 16.7 Å². The molecule has 1 atom stereocenters. The van der Waals surface area contributed by atoms with Gasteiger partial charge < -0.3 is 9.09 Å². The first-order chi connectivity index (χ1) is 18.6. The molecule has 0 fully saturated rings. The van der Waals surface area contributed by atoms with Gasteiger partial charge in [-0.2, -0.15) is 10.1 Å². The first-order valence-electron chi connectivity index (χ1n) is 12.7. The van der Waals surface area contributed by atoms with Gasteiger partial charge >= 0.3 is 0 Å². The summed E-state index contributed by atoms with van der Waals surface area (Å²) >= 11 is 6.57. The van der Waals surface area contributed by atoms with Crippen molar-refractivity contribution in [2.45, 2.75) is 20.4 Å². The van der Waals surface area contributed by atoms with Gasteiger partial charge in [0.15, 0.2) is 12.1 Å². The van der Waals surface area contributed by atoms with E-state index in [9.17, 15) is 0 Å². The maximum Gasteiger partial charge on any atom is 0.226 e. The van der Waals surface area contributed by atoms with Crippen molar-refractivity contribution < 1.29 is 4.52 Å². The Morgan fingerprint density at radius 3 is 2.26 bits per heavy atom. The second-order valence-electron chi connectivity index (χ2n) is 9.39. The second-order valence-corrected chi connectivity index (χ2v) is 13.2. The predicted octanol–water partition coefficient (Wildman–Crippen LogP) is 6.76. The molecule has 0 saturated heterocycles. The van der Waals surface area contributed by atoms with Crippen LogP contribution in [0.5, 0.6) is 0 Å². The van der Waals surface area contributed by atoms with Crippen LogP contribution in [0.1, 0.15) is 18.2 Å². The average molecular weight is 533 g/mol. The normalized spacial score (nSPS) is 16.8. The van der Waals surface area contributed by atoms with Crippen molar-refractivity contribution in [3.05, 3.63) is 114 Å². The van der Waals surface area contributed by atoms with Crippen LogP contribution in [0.3, 0.4) is 0 Å². The molecule has 1 aliphatic heterocycles. The van der Waals surface area contributed by atoms with Crippen LogP contribution in [0.2, 0.25) is 0 Å². The van der Waals surface area contributed by atoms with Gasteiger partial charge in [-0.1, -0.05) is 54.6 Å². The highest BCUT2D eigenvalue weighted by atomic mass is 32.4. The molecule has 0 amide bonds. The van der Waals surface area contributed by atoms with Crippen LogP contribution in [-0.2, 0) is 22.9 Å². The molecule has 7 rings (SSSR count). The fraction of sp³-hybridized carbons (Fsp3) is 0.0968. The van der Waals surface area contributed by atoms with Gasteiger partial charge in [-0.3, -0.25) is 0 Å². The number of benzene rings is 4. The first kappa shape index (κ1) is 23.2. The van der Waals surface area contributed by atoms with Crippen molar-refractivity contribution >= 4 is 62.2 Å². The molecule has 0 spiro atoms. The topological polar surface area (TPSA) is 44.3 Å².